The molecule has 130 valence electrons. The van der Waals surface area contributed by atoms with Gasteiger partial charge in [-0.15, -0.1) is 0 Å². The molecule has 1 aliphatic rings. The number of nitrogens with one attached hydrogen (secondary N) is 1. The fraction of sp³-hybridized carbons (Fsp3) is 0.500. The molecule has 0 aromatic heterocycles. The van der Waals surface area contributed by atoms with Crippen molar-refractivity contribution in [3.8, 4) is 0 Å². The van der Waals surface area contributed by atoms with Crippen molar-refractivity contribution >= 4 is 23.5 Å². The van der Waals surface area contributed by atoms with Gasteiger partial charge in [0.2, 0.25) is 5.91 Å². The Bertz CT molecular complexity index is 617. The molecule has 0 bridgehead atoms. The minimum absolute atomic E-state index is 0.0943. The third-order valence-electron chi connectivity index (χ3n) is 3.55. The summed E-state index contributed by atoms with van der Waals surface area (Å²) in [5.41, 5.74) is 1.28. The number of carbonyl (C=O) groups excluding carboxylic acids is 3. The molecule has 0 saturated carbocycles. The number of esters is 1. The average molecular weight is 332 g/mol. The molecular formula is C18H24N2O4. The van der Waals surface area contributed by atoms with Crippen LogP contribution in [0.4, 0.5) is 5.69 Å². The number of amides is 2. The van der Waals surface area contributed by atoms with Crippen LogP contribution in [0.15, 0.2) is 24.3 Å². The van der Waals surface area contributed by atoms with Crippen LogP contribution in [0.25, 0.3) is 0 Å². The summed E-state index contributed by atoms with van der Waals surface area (Å²) in [5, 5.41) is 2.73. The maximum atomic E-state index is 11.8. The lowest BCUT2D eigenvalue weighted by Crippen LogP contribution is -2.42. The molecular weight excluding hydrogens is 308 g/mol. The van der Waals surface area contributed by atoms with E-state index in [2.05, 4.69) is 5.32 Å². The number of nitrogens with zero attached hydrogens (tertiary/aromatic N) is 1. The van der Waals surface area contributed by atoms with Crippen LogP contribution in [-0.2, 0) is 25.5 Å². The zero-order valence-corrected chi connectivity index (χ0v) is 14.4. The quantitative estimate of drug-likeness (QED) is 0.835. The maximum Gasteiger partial charge on any atom is 0.310 e. The normalized spacial score (nSPS) is 14.6. The number of hydrogen-bond donors (Lipinski definition) is 1. The minimum atomic E-state index is -0.455. The topological polar surface area (TPSA) is 75.7 Å². The average Bonchev–Trinajstić information content (AvgIpc) is 2.90. The van der Waals surface area contributed by atoms with E-state index in [1.54, 1.807) is 17.0 Å². The molecule has 0 atom stereocenters. The van der Waals surface area contributed by atoms with Gasteiger partial charge in [0.25, 0.3) is 5.91 Å². The van der Waals surface area contributed by atoms with E-state index in [0.29, 0.717) is 6.42 Å². The van der Waals surface area contributed by atoms with Crippen LogP contribution in [0.3, 0.4) is 0 Å². The molecule has 0 spiro atoms. The molecule has 2 amide bonds. The monoisotopic (exact) mass is 332 g/mol. The maximum absolute atomic E-state index is 11.8. The summed E-state index contributed by atoms with van der Waals surface area (Å²) < 4.78 is 4.99. The zero-order chi connectivity index (χ0) is 17.7. The molecule has 6 nitrogen and oxygen atoms in total. The molecule has 2 rings (SSSR count). The lowest BCUT2D eigenvalue weighted by molar-refractivity contribution is -0.148. The summed E-state index contributed by atoms with van der Waals surface area (Å²) in [4.78, 5) is 36.9. The van der Waals surface area contributed by atoms with E-state index in [9.17, 15) is 14.4 Å². The van der Waals surface area contributed by atoms with Crippen LogP contribution in [0, 0.1) is 0 Å². The van der Waals surface area contributed by atoms with Gasteiger partial charge in [0.1, 0.15) is 0 Å². The van der Waals surface area contributed by atoms with Gasteiger partial charge in [0.15, 0.2) is 6.61 Å². The smallest absolute Gasteiger partial charge is 0.310 e. The summed E-state index contributed by atoms with van der Waals surface area (Å²) in [6.45, 7) is 6.04. The van der Waals surface area contributed by atoms with Gasteiger partial charge in [0.05, 0.1) is 6.42 Å². The van der Waals surface area contributed by atoms with E-state index in [-0.39, 0.29) is 30.4 Å². The Labute approximate surface area is 142 Å². The van der Waals surface area contributed by atoms with Crippen LogP contribution < -0.4 is 10.2 Å². The van der Waals surface area contributed by atoms with E-state index in [0.717, 1.165) is 24.2 Å². The van der Waals surface area contributed by atoms with E-state index < -0.39 is 5.97 Å². The molecule has 1 aliphatic heterocycles. The summed E-state index contributed by atoms with van der Waals surface area (Å²) in [6.07, 6.45) is 1.56. The molecule has 1 heterocycles. The Morgan fingerprint density at radius 3 is 2.42 bits per heavy atom. The van der Waals surface area contributed by atoms with Crippen molar-refractivity contribution < 1.29 is 19.1 Å². The summed E-state index contributed by atoms with van der Waals surface area (Å²) >= 11 is 0. The van der Waals surface area contributed by atoms with Crippen LogP contribution in [-0.4, -0.2) is 36.5 Å². The van der Waals surface area contributed by atoms with Crippen molar-refractivity contribution in [3.05, 3.63) is 29.8 Å². The lowest BCUT2D eigenvalue weighted by Gasteiger charge is -2.20. The van der Waals surface area contributed by atoms with Crippen molar-refractivity contribution in [1.82, 2.24) is 5.32 Å². The summed E-state index contributed by atoms with van der Waals surface area (Å²) in [7, 11) is 0. The highest BCUT2D eigenvalue weighted by molar-refractivity contribution is 5.95. The molecule has 0 radical (unpaired) electrons. The molecule has 1 fully saturated rings. The second kappa shape index (κ2) is 7.47. The molecule has 1 N–H and O–H groups in total. The molecule has 1 aromatic rings. The third kappa shape index (κ3) is 5.37. The first kappa shape index (κ1) is 18.0. The van der Waals surface area contributed by atoms with Gasteiger partial charge in [-0.2, -0.15) is 0 Å². The van der Waals surface area contributed by atoms with Crippen LogP contribution in [0.2, 0.25) is 0 Å². The first-order valence-electron chi connectivity index (χ1n) is 8.10. The third-order valence-corrected chi connectivity index (χ3v) is 3.55. The fourth-order valence-corrected chi connectivity index (χ4v) is 2.53. The van der Waals surface area contributed by atoms with Gasteiger partial charge < -0.3 is 15.0 Å². The van der Waals surface area contributed by atoms with E-state index in [1.165, 1.54) is 0 Å². The zero-order valence-electron chi connectivity index (χ0n) is 14.4. The fourth-order valence-electron chi connectivity index (χ4n) is 2.53. The van der Waals surface area contributed by atoms with E-state index in [1.807, 2.05) is 32.9 Å². The van der Waals surface area contributed by atoms with E-state index >= 15 is 0 Å². The predicted molar refractivity (Wildman–Crippen MR) is 90.6 cm³/mol. The van der Waals surface area contributed by atoms with Gasteiger partial charge in [-0.1, -0.05) is 12.1 Å². The van der Waals surface area contributed by atoms with E-state index in [4.69, 9.17) is 4.74 Å². The number of ether oxygens (including phenoxy) is 1. The van der Waals surface area contributed by atoms with Crippen molar-refractivity contribution in [2.75, 3.05) is 18.1 Å². The van der Waals surface area contributed by atoms with Crippen molar-refractivity contribution in [3.63, 3.8) is 0 Å². The summed E-state index contributed by atoms with van der Waals surface area (Å²) in [5.74, 6) is -0.644. The predicted octanol–water partition coefficient (Wildman–Crippen LogP) is 1.81. The van der Waals surface area contributed by atoms with Gasteiger partial charge >= 0.3 is 5.97 Å². The van der Waals surface area contributed by atoms with Gasteiger partial charge in [-0.3, -0.25) is 14.4 Å². The van der Waals surface area contributed by atoms with Gasteiger partial charge in [0, 0.05) is 24.2 Å². The van der Waals surface area contributed by atoms with Crippen LogP contribution in [0.1, 0.15) is 39.2 Å². The molecule has 1 aromatic carbocycles. The Morgan fingerprint density at radius 2 is 1.88 bits per heavy atom. The van der Waals surface area contributed by atoms with Crippen molar-refractivity contribution in [2.24, 2.45) is 0 Å². The Kier molecular flexibility index (Phi) is 5.59. The highest BCUT2D eigenvalue weighted by Gasteiger charge is 2.21. The van der Waals surface area contributed by atoms with Crippen molar-refractivity contribution in [1.29, 1.82) is 0 Å². The van der Waals surface area contributed by atoms with Gasteiger partial charge in [-0.25, -0.2) is 0 Å². The number of carbonyl (C=O) groups is 3. The number of anilines is 1. The molecule has 0 aliphatic carbocycles. The second-order valence-electron chi connectivity index (χ2n) is 6.95. The number of benzene rings is 1. The SMILES string of the molecule is CC(C)(C)NC(=O)COC(=O)Cc1ccc(N2CCCC2=O)cc1. The number of rotatable bonds is 5. The summed E-state index contributed by atoms with van der Waals surface area (Å²) in [6, 6.07) is 7.27. The van der Waals surface area contributed by atoms with Crippen LogP contribution >= 0.6 is 0 Å². The number of hydrogen-bond acceptors (Lipinski definition) is 4. The second-order valence-corrected chi connectivity index (χ2v) is 6.95. The van der Waals surface area contributed by atoms with Gasteiger partial charge in [-0.05, 0) is 44.9 Å². The highest BCUT2D eigenvalue weighted by atomic mass is 16.5. The molecule has 6 heteroatoms. The first-order chi connectivity index (χ1) is 11.2. The Hall–Kier alpha value is -2.37. The standard InChI is InChI=1S/C18H24N2O4/c1-18(2,3)19-15(21)12-24-17(23)11-13-6-8-14(9-7-13)20-10-4-5-16(20)22/h6-9H,4-5,10-12H2,1-3H3,(H,19,21). The highest BCUT2D eigenvalue weighted by Crippen LogP contribution is 2.21. The largest absolute Gasteiger partial charge is 0.455 e. The minimum Gasteiger partial charge on any atom is -0.455 e. The van der Waals surface area contributed by atoms with Crippen molar-refractivity contribution in [2.45, 2.75) is 45.6 Å². The molecule has 1 saturated heterocycles. The molecule has 24 heavy (non-hydrogen) atoms. The Morgan fingerprint density at radius 1 is 1.21 bits per heavy atom. The Balaban J connectivity index is 1.82. The van der Waals surface area contributed by atoms with Crippen LogP contribution in [0.5, 0.6) is 0 Å². The molecule has 0 unspecified atom stereocenters. The first-order valence-corrected chi connectivity index (χ1v) is 8.10. The lowest BCUT2D eigenvalue weighted by atomic mass is 10.1.